The van der Waals surface area contributed by atoms with E-state index in [1.54, 1.807) is 0 Å². The summed E-state index contributed by atoms with van der Waals surface area (Å²) < 4.78 is 0. The summed E-state index contributed by atoms with van der Waals surface area (Å²) in [6, 6.07) is 0. The highest BCUT2D eigenvalue weighted by atomic mass is 16.3. The molecule has 0 heterocycles. The Bertz CT molecular complexity index is 500. The van der Waals surface area contributed by atoms with Gasteiger partial charge >= 0.3 is 0 Å². The van der Waals surface area contributed by atoms with Gasteiger partial charge in [0.15, 0.2) is 0 Å². The lowest BCUT2D eigenvalue weighted by molar-refractivity contribution is -0.123. The highest BCUT2D eigenvalue weighted by molar-refractivity contribution is 5.76. The molecule has 4 unspecified atom stereocenters. The van der Waals surface area contributed by atoms with E-state index in [0.717, 1.165) is 19.3 Å². The van der Waals surface area contributed by atoms with Gasteiger partial charge in [-0.15, -0.1) is 0 Å². The minimum Gasteiger partial charge on any atom is -0.393 e. The molecule has 4 nitrogen and oxygen atoms in total. The topological polar surface area (TPSA) is 69.6 Å². The number of fused-ring (bicyclic) bond motifs is 1. The van der Waals surface area contributed by atoms with Crippen LogP contribution < -0.4 is 5.32 Å². The monoisotopic (exact) mass is 363 g/mol. The van der Waals surface area contributed by atoms with Crippen LogP contribution in [0.1, 0.15) is 71.6 Å². The maximum absolute atomic E-state index is 11.7. The number of nitrogens with one attached hydrogen (secondary N) is 1. The summed E-state index contributed by atoms with van der Waals surface area (Å²) in [5.41, 5.74) is 1.48. The molecule has 2 rings (SSSR count). The molecule has 0 spiro atoms. The molecule has 148 valence electrons. The zero-order valence-electron chi connectivity index (χ0n) is 16.5. The molecule has 0 saturated carbocycles. The van der Waals surface area contributed by atoms with E-state index in [9.17, 15) is 15.0 Å². The summed E-state index contributed by atoms with van der Waals surface area (Å²) in [7, 11) is 0. The van der Waals surface area contributed by atoms with Gasteiger partial charge in [-0.3, -0.25) is 4.79 Å². The molecule has 2 aliphatic carbocycles. The Kier molecular flexibility index (Phi) is 8.86. The van der Waals surface area contributed by atoms with Gasteiger partial charge in [0.05, 0.1) is 18.6 Å². The predicted molar refractivity (Wildman–Crippen MR) is 106 cm³/mol. The minimum atomic E-state index is -0.763. The van der Waals surface area contributed by atoms with Crippen LogP contribution in [0.25, 0.3) is 0 Å². The molecule has 0 fully saturated rings. The molecule has 0 saturated heterocycles. The number of amides is 1. The normalized spacial score (nSPS) is 27.4. The number of unbranched alkanes of at least 4 members (excludes halogenated alkanes) is 1. The van der Waals surface area contributed by atoms with Gasteiger partial charge in [0.25, 0.3) is 0 Å². The van der Waals surface area contributed by atoms with Gasteiger partial charge in [0.1, 0.15) is 0 Å². The summed E-state index contributed by atoms with van der Waals surface area (Å²) in [6.07, 6.45) is 13.4. The van der Waals surface area contributed by atoms with Crippen molar-refractivity contribution in [3.05, 3.63) is 23.8 Å². The third-order valence-electron chi connectivity index (χ3n) is 5.96. The third-order valence-corrected chi connectivity index (χ3v) is 5.96. The predicted octanol–water partition coefficient (Wildman–Crippen LogP) is 3.73. The summed E-state index contributed by atoms with van der Waals surface area (Å²) >= 11 is 0. The van der Waals surface area contributed by atoms with E-state index in [0.29, 0.717) is 30.7 Å². The minimum absolute atomic E-state index is 0.0822. The van der Waals surface area contributed by atoms with Crippen LogP contribution in [0.15, 0.2) is 23.8 Å². The van der Waals surface area contributed by atoms with Gasteiger partial charge in [-0.25, -0.2) is 0 Å². The van der Waals surface area contributed by atoms with Crippen molar-refractivity contribution in [1.82, 2.24) is 5.32 Å². The average Bonchev–Trinajstić information content (AvgIpc) is 2.61. The lowest BCUT2D eigenvalue weighted by Gasteiger charge is -2.37. The van der Waals surface area contributed by atoms with Gasteiger partial charge in [-0.2, -0.15) is 0 Å². The van der Waals surface area contributed by atoms with E-state index >= 15 is 0 Å². The Morgan fingerprint density at radius 2 is 2.15 bits per heavy atom. The zero-order valence-corrected chi connectivity index (χ0v) is 16.5. The second kappa shape index (κ2) is 10.9. The van der Waals surface area contributed by atoms with E-state index in [-0.39, 0.29) is 18.7 Å². The Morgan fingerprint density at radius 3 is 2.92 bits per heavy atom. The van der Waals surface area contributed by atoms with E-state index in [1.807, 2.05) is 0 Å². The molecule has 0 aromatic carbocycles. The second-order valence-corrected chi connectivity index (χ2v) is 8.15. The summed E-state index contributed by atoms with van der Waals surface area (Å²) in [5.74, 6) is 1.62. The first-order chi connectivity index (χ1) is 12.5. The Morgan fingerprint density at radius 1 is 1.35 bits per heavy atom. The van der Waals surface area contributed by atoms with E-state index in [4.69, 9.17) is 0 Å². The first kappa shape index (κ1) is 21.2. The van der Waals surface area contributed by atoms with Gasteiger partial charge in [-0.1, -0.05) is 38.5 Å². The molecule has 5 atom stereocenters. The summed E-state index contributed by atoms with van der Waals surface area (Å²) in [6.45, 7) is 5.01. The standard InChI is InChI=1S/C22H37NO3/c1-3-4-13-23-22(26)15-19(25)14-18(24)11-12-20-16(2)9-10-17-7-5-6-8-21(17)20/h7,9-10,16,18-21,24-25H,3-6,8,11-15H2,1-2H3,(H,23,26)/t16?,18-,19?,20?,21?/m1/s1. The molecule has 2 aliphatic rings. The Balaban J connectivity index is 1.73. The molecular weight excluding hydrogens is 326 g/mol. The largest absolute Gasteiger partial charge is 0.393 e. The third kappa shape index (κ3) is 6.55. The molecule has 0 aromatic heterocycles. The van der Waals surface area contributed by atoms with Crippen molar-refractivity contribution in [2.75, 3.05) is 6.54 Å². The van der Waals surface area contributed by atoms with Crippen LogP contribution in [-0.4, -0.2) is 34.9 Å². The molecule has 1 amide bonds. The Hall–Kier alpha value is -1.13. The van der Waals surface area contributed by atoms with Crippen LogP contribution in [0.5, 0.6) is 0 Å². The van der Waals surface area contributed by atoms with Crippen LogP contribution in [0.2, 0.25) is 0 Å². The van der Waals surface area contributed by atoms with E-state index < -0.39 is 12.2 Å². The van der Waals surface area contributed by atoms with Crippen molar-refractivity contribution < 1.29 is 15.0 Å². The van der Waals surface area contributed by atoms with E-state index in [1.165, 1.54) is 24.8 Å². The SMILES string of the molecule is CCCCNC(=O)CC(O)C[C@H](O)CCC1C(C)C=CC2=CCCCC21. The molecule has 4 heteroatoms. The average molecular weight is 364 g/mol. The van der Waals surface area contributed by atoms with Crippen LogP contribution in [0.3, 0.4) is 0 Å². The maximum Gasteiger partial charge on any atom is 0.222 e. The van der Waals surface area contributed by atoms with Gasteiger partial charge in [0.2, 0.25) is 5.91 Å². The number of carbonyl (C=O) groups is 1. The molecule has 0 radical (unpaired) electrons. The number of aliphatic hydroxyl groups is 2. The molecular formula is C22H37NO3. The van der Waals surface area contributed by atoms with Crippen LogP contribution in [0.4, 0.5) is 0 Å². The van der Waals surface area contributed by atoms with Crippen molar-refractivity contribution in [2.45, 2.75) is 83.8 Å². The van der Waals surface area contributed by atoms with Gasteiger partial charge < -0.3 is 15.5 Å². The van der Waals surface area contributed by atoms with Crippen LogP contribution in [-0.2, 0) is 4.79 Å². The number of hydrogen-bond donors (Lipinski definition) is 3. The number of allylic oxidation sites excluding steroid dienone is 4. The fourth-order valence-corrected chi connectivity index (χ4v) is 4.40. The van der Waals surface area contributed by atoms with Crippen molar-refractivity contribution in [2.24, 2.45) is 17.8 Å². The molecule has 0 aromatic rings. The quantitative estimate of drug-likeness (QED) is 0.518. The van der Waals surface area contributed by atoms with Crippen LogP contribution >= 0.6 is 0 Å². The van der Waals surface area contributed by atoms with E-state index in [2.05, 4.69) is 37.4 Å². The smallest absolute Gasteiger partial charge is 0.222 e. The van der Waals surface area contributed by atoms with Gasteiger partial charge in [0, 0.05) is 6.54 Å². The lowest BCUT2D eigenvalue weighted by atomic mass is 9.68. The highest BCUT2D eigenvalue weighted by Crippen LogP contribution is 2.42. The number of aliphatic hydroxyl groups excluding tert-OH is 2. The molecule has 0 bridgehead atoms. The summed E-state index contributed by atoms with van der Waals surface area (Å²) in [4.78, 5) is 11.7. The van der Waals surface area contributed by atoms with Crippen molar-refractivity contribution >= 4 is 5.91 Å². The fourth-order valence-electron chi connectivity index (χ4n) is 4.40. The van der Waals surface area contributed by atoms with Crippen molar-refractivity contribution in [1.29, 1.82) is 0 Å². The number of carbonyl (C=O) groups excluding carboxylic acids is 1. The number of hydrogen-bond acceptors (Lipinski definition) is 3. The second-order valence-electron chi connectivity index (χ2n) is 8.15. The highest BCUT2D eigenvalue weighted by Gasteiger charge is 2.32. The first-order valence-electron chi connectivity index (χ1n) is 10.5. The van der Waals surface area contributed by atoms with Crippen molar-refractivity contribution in [3.63, 3.8) is 0 Å². The van der Waals surface area contributed by atoms with Gasteiger partial charge in [-0.05, 0) is 68.3 Å². The lowest BCUT2D eigenvalue weighted by Crippen LogP contribution is -2.31. The maximum atomic E-state index is 11.7. The molecule has 26 heavy (non-hydrogen) atoms. The van der Waals surface area contributed by atoms with Crippen LogP contribution in [0, 0.1) is 17.8 Å². The Labute approximate surface area is 158 Å². The molecule has 0 aliphatic heterocycles. The number of rotatable bonds is 10. The first-order valence-corrected chi connectivity index (χ1v) is 10.5. The van der Waals surface area contributed by atoms with Crippen molar-refractivity contribution in [3.8, 4) is 0 Å². The zero-order chi connectivity index (χ0) is 18.9. The fraction of sp³-hybridized carbons (Fsp3) is 0.773. The molecule has 3 N–H and O–H groups in total. The summed E-state index contributed by atoms with van der Waals surface area (Å²) in [5, 5.41) is 23.2.